The van der Waals surface area contributed by atoms with Gasteiger partial charge in [-0.1, -0.05) is 27.5 Å². The van der Waals surface area contributed by atoms with Crippen LogP contribution in [0.15, 0.2) is 12.3 Å². The average molecular weight is 335 g/mol. The van der Waals surface area contributed by atoms with Gasteiger partial charge in [-0.25, -0.2) is 0 Å². The van der Waals surface area contributed by atoms with Crippen LogP contribution in [0.25, 0.3) is 0 Å². The zero-order valence-corrected chi connectivity index (χ0v) is 10.6. The van der Waals surface area contributed by atoms with Gasteiger partial charge in [0.15, 0.2) is 0 Å². The number of hydrogen-bond donors (Lipinski definition) is 2. The van der Waals surface area contributed by atoms with Crippen molar-refractivity contribution in [2.45, 2.75) is 18.4 Å². The van der Waals surface area contributed by atoms with Crippen molar-refractivity contribution in [1.29, 1.82) is 0 Å². The molecule has 17 heavy (non-hydrogen) atoms. The van der Waals surface area contributed by atoms with E-state index in [1.165, 1.54) is 0 Å². The van der Waals surface area contributed by atoms with Crippen LogP contribution in [0.5, 0.6) is 0 Å². The maximum absolute atomic E-state index is 12.3. The van der Waals surface area contributed by atoms with Crippen LogP contribution in [0.3, 0.4) is 0 Å². The van der Waals surface area contributed by atoms with Gasteiger partial charge in [-0.15, -0.1) is 0 Å². The highest BCUT2D eigenvalue weighted by Crippen LogP contribution is 2.33. The first-order valence-corrected chi connectivity index (χ1v) is 5.92. The van der Waals surface area contributed by atoms with Crippen molar-refractivity contribution in [3.8, 4) is 0 Å². The van der Waals surface area contributed by atoms with Crippen LogP contribution >= 0.6 is 27.5 Å². The maximum atomic E-state index is 12.3. The first-order valence-electron chi connectivity index (χ1n) is 4.42. The number of halogens is 5. The Morgan fingerprint density at radius 3 is 2.41 bits per heavy atom. The molecule has 96 valence electrons. The van der Waals surface area contributed by atoms with Gasteiger partial charge in [0.2, 0.25) is 0 Å². The molecule has 0 spiro atoms. The third-order valence-corrected chi connectivity index (χ3v) is 2.97. The topological polar surface area (TPSA) is 53.4 Å². The van der Waals surface area contributed by atoms with E-state index in [1.54, 1.807) is 0 Å². The standard InChI is InChI=1S/C9H8BrClF3NO2/c10-2-6(16)8(17)7-5(11)1-4(3-15-7)9(12,13)14/h1,3,6,8,16-17H,2H2. The number of hydrogen-bond acceptors (Lipinski definition) is 3. The molecule has 0 fully saturated rings. The van der Waals surface area contributed by atoms with Gasteiger partial charge in [-0.2, -0.15) is 13.2 Å². The fraction of sp³-hybridized carbons (Fsp3) is 0.444. The lowest BCUT2D eigenvalue weighted by molar-refractivity contribution is -0.137. The van der Waals surface area contributed by atoms with E-state index in [0.717, 1.165) is 0 Å². The fourth-order valence-electron chi connectivity index (χ4n) is 1.09. The fourth-order valence-corrected chi connectivity index (χ4v) is 1.72. The summed E-state index contributed by atoms with van der Waals surface area (Å²) in [6.07, 6.45) is -6.62. The van der Waals surface area contributed by atoms with Crippen LogP contribution < -0.4 is 0 Å². The van der Waals surface area contributed by atoms with E-state index in [2.05, 4.69) is 20.9 Å². The highest BCUT2D eigenvalue weighted by atomic mass is 79.9. The smallest absolute Gasteiger partial charge is 0.389 e. The zero-order chi connectivity index (χ0) is 13.2. The molecular weight excluding hydrogens is 326 g/mol. The number of aromatic nitrogens is 1. The summed E-state index contributed by atoms with van der Waals surface area (Å²) in [6, 6.07) is 0.661. The summed E-state index contributed by atoms with van der Waals surface area (Å²) in [5, 5.41) is 18.6. The van der Waals surface area contributed by atoms with Crippen LogP contribution in [0.4, 0.5) is 13.2 Å². The van der Waals surface area contributed by atoms with Gasteiger partial charge in [0.25, 0.3) is 0 Å². The van der Waals surface area contributed by atoms with Crippen molar-refractivity contribution < 1.29 is 23.4 Å². The molecule has 2 N–H and O–H groups in total. The monoisotopic (exact) mass is 333 g/mol. The Bertz CT molecular complexity index is 402. The summed E-state index contributed by atoms with van der Waals surface area (Å²) >= 11 is 8.51. The van der Waals surface area contributed by atoms with E-state index in [-0.39, 0.29) is 16.0 Å². The van der Waals surface area contributed by atoms with E-state index in [9.17, 15) is 23.4 Å². The van der Waals surface area contributed by atoms with Gasteiger partial charge in [-0.3, -0.25) is 4.98 Å². The summed E-state index contributed by atoms with van der Waals surface area (Å²) in [5.74, 6) is 0. The number of aliphatic hydroxyl groups excluding tert-OH is 2. The molecule has 2 atom stereocenters. The molecule has 0 amide bonds. The van der Waals surface area contributed by atoms with Gasteiger partial charge in [0.05, 0.1) is 22.4 Å². The zero-order valence-electron chi connectivity index (χ0n) is 8.25. The first-order chi connectivity index (χ1) is 7.77. The molecule has 0 radical (unpaired) electrons. The Hall–Kier alpha value is -0.370. The number of rotatable bonds is 3. The van der Waals surface area contributed by atoms with Crippen LogP contribution in [0.1, 0.15) is 17.4 Å². The molecule has 0 aliphatic heterocycles. The van der Waals surface area contributed by atoms with Crippen molar-refractivity contribution in [2.24, 2.45) is 0 Å². The summed E-state index contributed by atoms with van der Waals surface area (Å²) in [7, 11) is 0. The Morgan fingerprint density at radius 2 is 2.00 bits per heavy atom. The van der Waals surface area contributed by atoms with Crippen molar-refractivity contribution in [3.05, 3.63) is 28.5 Å². The lowest BCUT2D eigenvalue weighted by Crippen LogP contribution is -2.21. The quantitative estimate of drug-likeness (QED) is 0.835. The Kier molecular flexibility index (Phi) is 4.77. The largest absolute Gasteiger partial charge is 0.417 e. The van der Waals surface area contributed by atoms with Crippen molar-refractivity contribution in [1.82, 2.24) is 4.98 Å². The minimum Gasteiger partial charge on any atom is -0.389 e. The van der Waals surface area contributed by atoms with E-state index in [1.807, 2.05) is 0 Å². The van der Waals surface area contributed by atoms with Crippen molar-refractivity contribution in [2.75, 3.05) is 5.33 Å². The summed E-state index contributed by atoms with van der Waals surface area (Å²) in [6.45, 7) is 0. The maximum Gasteiger partial charge on any atom is 0.417 e. The van der Waals surface area contributed by atoms with Gasteiger partial charge in [-0.05, 0) is 6.07 Å². The third-order valence-electron chi connectivity index (χ3n) is 2.00. The van der Waals surface area contributed by atoms with Gasteiger partial charge >= 0.3 is 6.18 Å². The Morgan fingerprint density at radius 1 is 1.41 bits per heavy atom. The molecule has 0 saturated heterocycles. The predicted octanol–water partition coefficient (Wildman–Crippen LogP) is 2.54. The Balaban J connectivity index is 3.06. The summed E-state index contributed by atoms with van der Waals surface area (Å²) in [5.41, 5.74) is -1.20. The molecule has 1 rings (SSSR count). The lowest BCUT2D eigenvalue weighted by Gasteiger charge is -2.17. The van der Waals surface area contributed by atoms with Crippen LogP contribution in [-0.4, -0.2) is 26.6 Å². The molecule has 8 heteroatoms. The molecule has 1 heterocycles. The minimum absolute atomic E-state index is 0.0488. The molecule has 0 bridgehead atoms. The molecular formula is C9H8BrClF3NO2. The molecule has 1 aromatic heterocycles. The van der Waals surface area contributed by atoms with Crippen molar-refractivity contribution in [3.63, 3.8) is 0 Å². The van der Waals surface area contributed by atoms with E-state index < -0.39 is 23.9 Å². The predicted molar refractivity (Wildman–Crippen MR) is 59.0 cm³/mol. The number of pyridine rings is 1. The first kappa shape index (κ1) is 14.7. The van der Waals surface area contributed by atoms with Gasteiger partial charge in [0.1, 0.15) is 6.10 Å². The van der Waals surface area contributed by atoms with Crippen LogP contribution in [-0.2, 0) is 6.18 Å². The molecule has 0 aliphatic rings. The van der Waals surface area contributed by atoms with E-state index in [4.69, 9.17) is 11.6 Å². The van der Waals surface area contributed by atoms with Gasteiger partial charge in [0, 0.05) is 11.5 Å². The molecule has 0 aliphatic carbocycles. The highest BCUT2D eigenvalue weighted by Gasteiger charge is 2.32. The minimum atomic E-state index is -4.55. The SMILES string of the molecule is OC(CBr)C(O)c1ncc(C(F)(F)F)cc1Cl. The van der Waals surface area contributed by atoms with Gasteiger partial charge < -0.3 is 10.2 Å². The number of alkyl halides is 4. The second-order valence-corrected chi connectivity index (χ2v) is 4.31. The lowest BCUT2D eigenvalue weighted by atomic mass is 10.1. The number of nitrogens with zero attached hydrogens (tertiary/aromatic N) is 1. The molecule has 3 nitrogen and oxygen atoms in total. The van der Waals surface area contributed by atoms with Crippen LogP contribution in [0, 0.1) is 0 Å². The second-order valence-electron chi connectivity index (χ2n) is 3.26. The molecule has 0 aromatic carbocycles. The normalized spacial score (nSPS) is 15.7. The molecule has 1 aromatic rings. The van der Waals surface area contributed by atoms with E-state index >= 15 is 0 Å². The molecule has 2 unspecified atom stereocenters. The van der Waals surface area contributed by atoms with E-state index in [0.29, 0.717) is 12.3 Å². The number of aliphatic hydroxyl groups is 2. The Labute approximate surface area is 108 Å². The summed E-state index contributed by atoms with van der Waals surface area (Å²) < 4.78 is 36.9. The summed E-state index contributed by atoms with van der Waals surface area (Å²) in [4.78, 5) is 3.43. The van der Waals surface area contributed by atoms with Crippen LogP contribution in [0.2, 0.25) is 5.02 Å². The highest BCUT2D eigenvalue weighted by molar-refractivity contribution is 9.09. The molecule has 0 saturated carbocycles. The van der Waals surface area contributed by atoms with Crippen molar-refractivity contribution >= 4 is 27.5 Å². The average Bonchev–Trinajstić information content (AvgIpc) is 2.25. The third kappa shape index (κ3) is 3.54. The second kappa shape index (κ2) is 5.51.